The molecule has 0 aliphatic rings. The van der Waals surface area contributed by atoms with Crippen molar-refractivity contribution in [2.75, 3.05) is 6.61 Å². The molecule has 1 atom stereocenters. The Bertz CT molecular complexity index is 398. The first-order chi connectivity index (χ1) is 8.19. The zero-order valence-corrected chi connectivity index (χ0v) is 11.7. The third-order valence-corrected chi connectivity index (χ3v) is 3.17. The number of para-hydroxylation sites is 1. The molecule has 0 heterocycles. The number of rotatable bonds is 6. The number of halogens is 1. The van der Waals surface area contributed by atoms with Crippen molar-refractivity contribution in [2.45, 2.75) is 32.2 Å². The minimum Gasteiger partial charge on any atom is -0.491 e. The van der Waals surface area contributed by atoms with Gasteiger partial charge < -0.3 is 10.5 Å². The minimum absolute atomic E-state index is 0.166. The van der Waals surface area contributed by atoms with Gasteiger partial charge in [0, 0.05) is 12.5 Å². The highest BCUT2D eigenvalue weighted by molar-refractivity contribution is 9.10. The van der Waals surface area contributed by atoms with Gasteiger partial charge in [0.15, 0.2) is 0 Å². The van der Waals surface area contributed by atoms with Gasteiger partial charge in [-0.15, -0.1) is 12.3 Å². The number of nitrogens with two attached hydrogens (primary N) is 1. The lowest BCUT2D eigenvalue weighted by atomic mass is 10.0. The molecule has 0 aromatic heterocycles. The van der Waals surface area contributed by atoms with E-state index in [0.717, 1.165) is 28.6 Å². The van der Waals surface area contributed by atoms with Gasteiger partial charge in [-0.25, -0.2) is 0 Å². The molecular formula is C14H18BrNO. The van der Waals surface area contributed by atoms with Crippen molar-refractivity contribution in [3.8, 4) is 18.1 Å². The van der Waals surface area contributed by atoms with E-state index in [-0.39, 0.29) is 6.04 Å². The van der Waals surface area contributed by atoms with E-state index in [1.54, 1.807) is 0 Å². The molecule has 92 valence electrons. The summed E-state index contributed by atoms with van der Waals surface area (Å²) in [5.41, 5.74) is 7.11. The van der Waals surface area contributed by atoms with E-state index < -0.39 is 0 Å². The molecule has 1 aromatic carbocycles. The molecule has 2 nitrogen and oxygen atoms in total. The summed E-state index contributed by atoms with van der Waals surface area (Å²) in [6.45, 7) is 2.62. The lowest BCUT2D eigenvalue weighted by Gasteiger charge is -2.15. The fourth-order valence-corrected chi connectivity index (χ4v) is 2.04. The summed E-state index contributed by atoms with van der Waals surface area (Å²) in [7, 11) is 0. The van der Waals surface area contributed by atoms with E-state index in [0.29, 0.717) is 13.0 Å². The second kappa shape index (κ2) is 7.37. The second-order valence-corrected chi connectivity index (χ2v) is 4.76. The number of hydrogen-bond donors (Lipinski definition) is 1. The van der Waals surface area contributed by atoms with Crippen LogP contribution in [0.3, 0.4) is 0 Å². The summed E-state index contributed by atoms with van der Waals surface area (Å²) >= 11 is 3.49. The predicted molar refractivity (Wildman–Crippen MR) is 75.1 cm³/mol. The van der Waals surface area contributed by atoms with Gasteiger partial charge in [-0.1, -0.05) is 19.1 Å². The Morgan fingerprint density at radius 1 is 1.53 bits per heavy atom. The molecule has 0 radical (unpaired) electrons. The van der Waals surface area contributed by atoms with Crippen LogP contribution >= 0.6 is 15.9 Å². The van der Waals surface area contributed by atoms with E-state index in [1.165, 1.54) is 0 Å². The molecule has 1 aromatic rings. The molecule has 0 aliphatic heterocycles. The van der Waals surface area contributed by atoms with Gasteiger partial charge in [-0.2, -0.15) is 0 Å². The molecular weight excluding hydrogens is 278 g/mol. The van der Waals surface area contributed by atoms with Crippen molar-refractivity contribution < 1.29 is 4.74 Å². The molecule has 2 N–H and O–H groups in total. The van der Waals surface area contributed by atoms with Gasteiger partial charge in [-0.05, 0) is 40.4 Å². The van der Waals surface area contributed by atoms with Crippen LogP contribution in [0.2, 0.25) is 0 Å². The molecule has 0 bridgehead atoms. The highest BCUT2D eigenvalue weighted by Crippen LogP contribution is 2.30. The quantitative estimate of drug-likeness (QED) is 0.646. The molecule has 0 amide bonds. The van der Waals surface area contributed by atoms with Gasteiger partial charge in [0.05, 0.1) is 11.1 Å². The van der Waals surface area contributed by atoms with Crippen LogP contribution in [0.1, 0.15) is 25.3 Å². The smallest absolute Gasteiger partial charge is 0.136 e. The standard InChI is InChI=1S/C14H18BrNO/c1-3-5-9-17-14-11(10-12(16)4-2)7-6-8-13(14)15/h1,6-8,12H,4-5,9-10,16H2,2H3. The number of ether oxygens (including phenoxy) is 1. The van der Waals surface area contributed by atoms with Crippen LogP contribution in [0.15, 0.2) is 22.7 Å². The Balaban J connectivity index is 2.81. The van der Waals surface area contributed by atoms with Gasteiger partial charge in [-0.3, -0.25) is 0 Å². The summed E-state index contributed by atoms with van der Waals surface area (Å²) in [6, 6.07) is 6.17. The van der Waals surface area contributed by atoms with Gasteiger partial charge >= 0.3 is 0 Å². The number of benzene rings is 1. The van der Waals surface area contributed by atoms with E-state index in [2.05, 4.69) is 28.8 Å². The fraction of sp³-hybridized carbons (Fsp3) is 0.429. The average Bonchev–Trinajstić information content (AvgIpc) is 2.32. The van der Waals surface area contributed by atoms with E-state index in [9.17, 15) is 0 Å². The summed E-state index contributed by atoms with van der Waals surface area (Å²) in [5, 5.41) is 0. The van der Waals surface area contributed by atoms with Crippen LogP contribution in [0.4, 0.5) is 0 Å². The fourth-order valence-electron chi connectivity index (χ4n) is 1.51. The molecule has 3 heteroatoms. The average molecular weight is 296 g/mol. The van der Waals surface area contributed by atoms with E-state index in [4.69, 9.17) is 16.9 Å². The topological polar surface area (TPSA) is 35.2 Å². The maximum atomic E-state index is 5.98. The van der Waals surface area contributed by atoms with Crippen molar-refractivity contribution in [3.63, 3.8) is 0 Å². The Labute approximate surface area is 112 Å². The van der Waals surface area contributed by atoms with Gasteiger partial charge in [0.2, 0.25) is 0 Å². The Hall–Kier alpha value is -0.980. The summed E-state index contributed by atoms with van der Waals surface area (Å²) in [4.78, 5) is 0. The normalized spacial score (nSPS) is 11.9. The first-order valence-corrected chi connectivity index (χ1v) is 6.57. The number of hydrogen-bond acceptors (Lipinski definition) is 2. The third-order valence-electron chi connectivity index (χ3n) is 2.55. The van der Waals surface area contributed by atoms with Crippen molar-refractivity contribution in [2.24, 2.45) is 5.73 Å². The largest absolute Gasteiger partial charge is 0.491 e. The number of terminal acetylenes is 1. The molecule has 17 heavy (non-hydrogen) atoms. The molecule has 0 saturated heterocycles. The lowest BCUT2D eigenvalue weighted by Crippen LogP contribution is -2.21. The second-order valence-electron chi connectivity index (χ2n) is 3.90. The summed E-state index contributed by atoms with van der Waals surface area (Å²) in [5.74, 6) is 3.43. The SMILES string of the molecule is C#CCCOc1c(Br)cccc1CC(N)CC. The third kappa shape index (κ3) is 4.41. The molecule has 0 saturated carbocycles. The van der Waals surface area contributed by atoms with E-state index >= 15 is 0 Å². The molecule has 0 spiro atoms. The molecule has 1 unspecified atom stereocenters. The molecule has 1 rings (SSSR count). The van der Waals surface area contributed by atoms with Crippen LogP contribution in [0.25, 0.3) is 0 Å². The highest BCUT2D eigenvalue weighted by atomic mass is 79.9. The van der Waals surface area contributed by atoms with Crippen LogP contribution in [0, 0.1) is 12.3 Å². The van der Waals surface area contributed by atoms with Crippen LogP contribution in [-0.4, -0.2) is 12.6 Å². The highest BCUT2D eigenvalue weighted by Gasteiger charge is 2.10. The Morgan fingerprint density at radius 3 is 2.94 bits per heavy atom. The van der Waals surface area contributed by atoms with Crippen LogP contribution in [0.5, 0.6) is 5.75 Å². The predicted octanol–water partition coefficient (Wildman–Crippen LogP) is 3.13. The molecule has 0 aliphatic carbocycles. The first kappa shape index (κ1) is 14.1. The maximum absolute atomic E-state index is 5.98. The monoisotopic (exact) mass is 295 g/mol. The Kier molecular flexibility index (Phi) is 6.10. The molecule has 0 fully saturated rings. The summed E-state index contributed by atoms with van der Waals surface area (Å²) < 4.78 is 6.66. The van der Waals surface area contributed by atoms with E-state index in [1.807, 2.05) is 18.2 Å². The summed E-state index contributed by atoms with van der Waals surface area (Å²) in [6.07, 6.45) is 7.60. The van der Waals surface area contributed by atoms with Crippen LogP contribution in [-0.2, 0) is 6.42 Å². The Morgan fingerprint density at radius 2 is 2.29 bits per heavy atom. The van der Waals surface area contributed by atoms with Crippen molar-refractivity contribution >= 4 is 15.9 Å². The van der Waals surface area contributed by atoms with Gasteiger partial charge in [0.1, 0.15) is 5.75 Å². The lowest BCUT2D eigenvalue weighted by molar-refractivity contribution is 0.321. The first-order valence-electron chi connectivity index (χ1n) is 5.78. The van der Waals surface area contributed by atoms with Crippen molar-refractivity contribution in [3.05, 3.63) is 28.2 Å². The minimum atomic E-state index is 0.166. The van der Waals surface area contributed by atoms with Crippen molar-refractivity contribution in [1.82, 2.24) is 0 Å². The zero-order chi connectivity index (χ0) is 12.7. The van der Waals surface area contributed by atoms with Crippen molar-refractivity contribution in [1.29, 1.82) is 0 Å². The maximum Gasteiger partial charge on any atom is 0.136 e. The van der Waals surface area contributed by atoms with Gasteiger partial charge in [0.25, 0.3) is 0 Å². The van der Waals surface area contributed by atoms with Crippen LogP contribution < -0.4 is 10.5 Å². The zero-order valence-electron chi connectivity index (χ0n) is 10.1.